The Morgan fingerprint density at radius 2 is 2.36 bits per heavy atom. The highest BCUT2D eigenvalue weighted by Gasteiger charge is 2.36. The van der Waals surface area contributed by atoms with Crippen LogP contribution < -0.4 is 5.48 Å². The fourth-order valence-electron chi connectivity index (χ4n) is 2.71. The third kappa shape index (κ3) is 3.10. The highest BCUT2D eigenvalue weighted by molar-refractivity contribution is 7.71. The Balaban J connectivity index is 1.79. The summed E-state index contributed by atoms with van der Waals surface area (Å²) in [4.78, 5) is 5.38. The van der Waals surface area contributed by atoms with Gasteiger partial charge in [-0.2, -0.15) is 0 Å². The van der Waals surface area contributed by atoms with Crippen LogP contribution in [0.1, 0.15) is 19.6 Å². The number of ether oxygens (including phenoxy) is 2. The molecule has 3 heterocycles. The molecule has 1 unspecified atom stereocenters. The molecule has 1 saturated heterocycles. The molecule has 0 saturated carbocycles. The molecule has 7 heteroatoms. The number of nitrogens with one attached hydrogen (secondary N) is 1. The van der Waals surface area contributed by atoms with E-state index in [1.807, 2.05) is 17.7 Å². The Labute approximate surface area is 138 Å². The lowest BCUT2D eigenvalue weighted by atomic mass is 10.2. The second-order valence-electron chi connectivity index (χ2n) is 5.18. The zero-order chi connectivity index (χ0) is 15.5. The fourth-order valence-corrected chi connectivity index (χ4v) is 3.98. The van der Waals surface area contributed by atoms with Crippen LogP contribution in [0.3, 0.4) is 0 Å². The largest absolute Gasteiger partial charge is 0.378 e. The number of nitrogens with zero attached hydrogens (tertiary/aromatic N) is 1. The molecule has 1 N–H and O–H groups in total. The van der Waals surface area contributed by atoms with Crippen LogP contribution in [0, 0.1) is 4.64 Å². The van der Waals surface area contributed by atoms with Gasteiger partial charge in [-0.05, 0) is 22.9 Å². The van der Waals surface area contributed by atoms with Crippen LogP contribution in [0.2, 0.25) is 0 Å². The lowest BCUT2D eigenvalue weighted by Crippen LogP contribution is -2.31. The molecular weight excluding hydrogens is 320 g/mol. The molecule has 0 aliphatic carbocycles. The van der Waals surface area contributed by atoms with E-state index in [4.69, 9.17) is 26.5 Å². The second-order valence-corrected chi connectivity index (χ2v) is 6.48. The lowest BCUT2D eigenvalue weighted by Gasteiger charge is -2.18. The zero-order valence-corrected chi connectivity index (χ0v) is 14.3. The van der Waals surface area contributed by atoms with Crippen LogP contribution in [0.15, 0.2) is 23.7 Å². The summed E-state index contributed by atoms with van der Waals surface area (Å²) in [5.74, 6) is 0. The van der Waals surface area contributed by atoms with Crippen molar-refractivity contribution in [2.45, 2.75) is 31.8 Å². The number of hydroxylamine groups is 1. The maximum atomic E-state index is 6.11. The first-order valence-electron chi connectivity index (χ1n) is 7.35. The number of thiophene rings is 1. The van der Waals surface area contributed by atoms with E-state index < -0.39 is 0 Å². The van der Waals surface area contributed by atoms with Gasteiger partial charge in [0, 0.05) is 26.3 Å². The van der Waals surface area contributed by atoms with Crippen LogP contribution in [-0.4, -0.2) is 37.0 Å². The van der Waals surface area contributed by atoms with Crippen molar-refractivity contribution in [2.24, 2.45) is 0 Å². The molecule has 0 bridgehead atoms. The summed E-state index contributed by atoms with van der Waals surface area (Å²) in [5.41, 5.74) is 2.85. The van der Waals surface area contributed by atoms with Crippen LogP contribution >= 0.6 is 23.6 Å². The number of fused-ring (bicyclic) bond motifs is 1. The summed E-state index contributed by atoms with van der Waals surface area (Å²) < 4.78 is 15.6. The van der Waals surface area contributed by atoms with Crippen LogP contribution in [0.25, 0.3) is 10.1 Å². The van der Waals surface area contributed by atoms with Gasteiger partial charge in [-0.15, -0.1) is 11.3 Å². The third-order valence-electron chi connectivity index (χ3n) is 3.83. The molecule has 22 heavy (non-hydrogen) atoms. The minimum atomic E-state index is -0.112. The van der Waals surface area contributed by atoms with Gasteiger partial charge in [0.05, 0.1) is 17.4 Å². The van der Waals surface area contributed by atoms with Crippen molar-refractivity contribution < 1.29 is 14.3 Å². The van der Waals surface area contributed by atoms with Crippen LogP contribution in [0.5, 0.6) is 0 Å². The number of pyridine rings is 1. The van der Waals surface area contributed by atoms with E-state index in [0.29, 0.717) is 6.61 Å². The average Bonchev–Trinajstić information content (AvgIpc) is 3.15. The zero-order valence-electron chi connectivity index (χ0n) is 12.7. The number of hydrogen-bond acceptors (Lipinski definition) is 6. The Morgan fingerprint density at radius 3 is 3.14 bits per heavy atom. The Bertz CT molecular complexity index is 685. The first kappa shape index (κ1) is 16.0. The predicted octanol–water partition coefficient (Wildman–Crippen LogP) is 3.28. The van der Waals surface area contributed by atoms with E-state index in [0.717, 1.165) is 22.3 Å². The van der Waals surface area contributed by atoms with Gasteiger partial charge in [-0.3, -0.25) is 4.84 Å². The highest BCUT2D eigenvalue weighted by atomic mass is 32.1. The molecule has 0 amide bonds. The van der Waals surface area contributed by atoms with Gasteiger partial charge in [0.25, 0.3) is 0 Å². The minimum absolute atomic E-state index is 0.00425. The Morgan fingerprint density at radius 1 is 1.50 bits per heavy atom. The topological polar surface area (TPSA) is 44.7 Å². The standard InChI is InChI=1S/C15H20N2O3S2/c1-3-16-19-9-12-11(18-2)8-13(20-12)17-6-4-10-5-7-22-14(10)15(17)21/h4-7,11-13,16H,3,8-9H2,1-2H3/t11?,12-,13-/m1/s1. The molecule has 1 aliphatic rings. The molecule has 0 aromatic carbocycles. The van der Waals surface area contributed by atoms with E-state index in [-0.39, 0.29) is 18.4 Å². The summed E-state index contributed by atoms with van der Waals surface area (Å²) in [6, 6.07) is 4.16. The van der Waals surface area contributed by atoms with Crippen LogP contribution in [0.4, 0.5) is 0 Å². The molecule has 1 aliphatic heterocycles. The Hall–Kier alpha value is -0.830. The maximum Gasteiger partial charge on any atom is 0.137 e. The van der Waals surface area contributed by atoms with Gasteiger partial charge in [0.2, 0.25) is 0 Å². The highest BCUT2D eigenvalue weighted by Crippen LogP contribution is 2.33. The lowest BCUT2D eigenvalue weighted by molar-refractivity contribution is -0.0896. The van der Waals surface area contributed by atoms with Crippen molar-refractivity contribution >= 4 is 33.6 Å². The monoisotopic (exact) mass is 340 g/mol. The summed E-state index contributed by atoms with van der Waals surface area (Å²) >= 11 is 7.28. The van der Waals surface area contributed by atoms with Gasteiger partial charge in [0.1, 0.15) is 17.0 Å². The first-order valence-corrected chi connectivity index (χ1v) is 8.64. The first-order chi connectivity index (χ1) is 10.7. The molecule has 120 valence electrons. The molecule has 2 aromatic heterocycles. The van der Waals surface area contributed by atoms with Crippen molar-refractivity contribution in [3.63, 3.8) is 0 Å². The number of rotatable bonds is 6. The molecule has 0 spiro atoms. The third-order valence-corrected chi connectivity index (χ3v) is 5.31. The van der Waals surface area contributed by atoms with E-state index in [1.54, 1.807) is 18.4 Å². The van der Waals surface area contributed by atoms with E-state index in [2.05, 4.69) is 23.0 Å². The van der Waals surface area contributed by atoms with Crippen molar-refractivity contribution in [3.8, 4) is 0 Å². The van der Waals surface area contributed by atoms with E-state index in [1.165, 1.54) is 5.39 Å². The molecule has 5 nitrogen and oxygen atoms in total. The van der Waals surface area contributed by atoms with Gasteiger partial charge in [0.15, 0.2) is 0 Å². The molecule has 0 radical (unpaired) electrons. The Kier molecular flexibility index (Phi) is 5.22. The number of aromatic nitrogens is 1. The molecule has 3 rings (SSSR count). The average molecular weight is 340 g/mol. The molecule has 2 aromatic rings. The maximum absolute atomic E-state index is 6.11. The summed E-state index contributed by atoms with van der Waals surface area (Å²) in [5, 5.41) is 3.24. The summed E-state index contributed by atoms with van der Waals surface area (Å²) in [7, 11) is 1.71. The van der Waals surface area contributed by atoms with E-state index in [9.17, 15) is 0 Å². The van der Waals surface area contributed by atoms with Crippen LogP contribution in [-0.2, 0) is 14.3 Å². The minimum Gasteiger partial charge on any atom is -0.378 e. The predicted molar refractivity (Wildman–Crippen MR) is 89.6 cm³/mol. The molecular formula is C15H20N2O3S2. The molecule has 1 fully saturated rings. The second kappa shape index (κ2) is 7.16. The van der Waals surface area contributed by atoms with Crippen molar-refractivity contribution in [1.82, 2.24) is 10.0 Å². The summed E-state index contributed by atoms with van der Waals surface area (Å²) in [6.45, 7) is 3.20. The van der Waals surface area contributed by atoms with Crippen molar-refractivity contribution in [1.29, 1.82) is 0 Å². The number of methoxy groups -OCH3 is 1. The smallest absolute Gasteiger partial charge is 0.137 e. The van der Waals surface area contributed by atoms with Crippen molar-refractivity contribution in [3.05, 3.63) is 28.4 Å². The van der Waals surface area contributed by atoms with Gasteiger partial charge in [-0.1, -0.05) is 19.1 Å². The summed E-state index contributed by atoms with van der Waals surface area (Å²) in [6.07, 6.45) is 2.56. The number of hydrogen-bond donors (Lipinski definition) is 1. The molecule has 3 atom stereocenters. The quantitative estimate of drug-likeness (QED) is 0.497. The van der Waals surface area contributed by atoms with Gasteiger partial charge in [-0.25, -0.2) is 5.48 Å². The van der Waals surface area contributed by atoms with Crippen molar-refractivity contribution in [2.75, 3.05) is 20.3 Å². The van der Waals surface area contributed by atoms with E-state index >= 15 is 0 Å². The fraction of sp³-hybridized carbons (Fsp3) is 0.533. The van der Waals surface area contributed by atoms with Gasteiger partial charge < -0.3 is 14.0 Å². The normalized spacial score (nSPS) is 25.1. The van der Waals surface area contributed by atoms with Gasteiger partial charge >= 0.3 is 0 Å². The SMILES string of the molecule is CCNOC[C@H]1O[C@@H](n2ccc3ccsc3c2=S)CC1OC.